The zero-order valence-corrected chi connectivity index (χ0v) is 10.8. The van der Waals surface area contributed by atoms with Gasteiger partial charge < -0.3 is 4.90 Å². The summed E-state index contributed by atoms with van der Waals surface area (Å²) in [5, 5.41) is 8.69. The summed E-state index contributed by atoms with van der Waals surface area (Å²) in [6.07, 6.45) is 3.40. The lowest BCUT2D eigenvalue weighted by molar-refractivity contribution is 0.218. The monoisotopic (exact) mass is 259 g/mol. The van der Waals surface area contributed by atoms with Gasteiger partial charge in [-0.15, -0.1) is 5.10 Å². The van der Waals surface area contributed by atoms with Crippen LogP contribution in [0.15, 0.2) is 6.07 Å². The quantitative estimate of drug-likeness (QED) is 0.818. The molecule has 1 aromatic rings. The van der Waals surface area contributed by atoms with Crippen LogP contribution in [0.5, 0.6) is 0 Å². The number of nitrogens with zero attached hydrogens (tertiary/aromatic N) is 3. The van der Waals surface area contributed by atoms with Crippen LogP contribution in [0.25, 0.3) is 0 Å². The van der Waals surface area contributed by atoms with E-state index in [2.05, 4.69) is 22.1 Å². The van der Waals surface area contributed by atoms with Crippen molar-refractivity contribution in [3.8, 4) is 0 Å². The third-order valence-corrected chi connectivity index (χ3v) is 3.76. The summed E-state index contributed by atoms with van der Waals surface area (Å²) in [6.45, 7) is 2.33. The number of aromatic nitrogens is 2. The number of halogens is 2. The van der Waals surface area contributed by atoms with Crippen molar-refractivity contribution in [2.24, 2.45) is 5.92 Å². The Bertz CT molecular complexity index is 362. The molecule has 0 atom stereocenters. The van der Waals surface area contributed by atoms with Gasteiger partial charge in [0.25, 0.3) is 0 Å². The molecular formula is C11H15Cl2N3. The highest BCUT2D eigenvalue weighted by atomic mass is 35.5. The van der Waals surface area contributed by atoms with E-state index in [1.54, 1.807) is 0 Å². The van der Waals surface area contributed by atoms with Gasteiger partial charge in [-0.05, 0) is 51.4 Å². The van der Waals surface area contributed by atoms with Crippen molar-refractivity contribution in [2.45, 2.75) is 19.3 Å². The molecular weight excluding hydrogens is 245 g/mol. The molecule has 1 aliphatic heterocycles. The number of hydrogen-bond acceptors (Lipinski definition) is 3. The maximum atomic E-state index is 5.91. The Balaban J connectivity index is 1.96. The standard InChI is InChI=1S/C11H15Cl2N3/c1-16-4-2-8(3-5-16)6-9-7-10(12)11(13)15-14-9/h7-8H,2-6H2,1H3. The molecule has 88 valence electrons. The maximum absolute atomic E-state index is 5.91. The summed E-state index contributed by atoms with van der Waals surface area (Å²) in [5.74, 6) is 0.697. The van der Waals surface area contributed by atoms with E-state index in [1.165, 1.54) is 25.9 Å². The van der Waals surface area contributed by atoms with Gasteiger partial charge in [-0.25, -0.2) is 0 Å². The van der Waals surface area contributed by atoms with E-state index in [0.29, 0.717) is 10.9 Å². The third kappa shape index (κ3) is 3.06. The van der Waals surface area contributed by atoms with Crippen molar-refractivity contribution in [1.29, 1.82) is 0 Å². The van der Waals surface area contributed by atoms with Gasteiger partial charge in [0.2, 0.25) is 0 Å². The van der Waals surface area contributed by atoms with Crippen molar-refractivity contribution in [3.63, 3.8) is 0 Å². The van der Waals surface area contributed by atoms with E-state index in [9.17, 15) is 0 Å². The summed E-state index contributed by atoms with van der Waals surface area (Å²) in [6, 6.07) is 1.83. The van der Waals surface area contributed by atoms with Crippen LogP contribution in [0, 0.1) is 5.92 Å². The van der Waals surface area contributed by atoms with Gasteiger partial charge in [0.05, 0.1) is 10.7 Å². The fourth-order valence-electron chi connectivity index (χ4n) is 2.05. The third-order valence-electron chi connectivity index (χ3n) is 3.09. The van der Waals surface area contributed by atoms with Gasteiger partial charge in [0.1, 0.15) is 0 Å². The van der Waals surface area contributed by atoms with Crippen LogP contribution in [-0.2, 0) is 6.42 Å². The van der Waals surface area contributed by atoms with Crippen molar-refractivity contribution in [2.75, 3.05) is 20.1 Å². The highest BCUT2D eigenvalue weighted by molar-refractivity contribution is 6.41. The smallest absolute Gasteiger partial charge is 0.170 e. The number of likely N-dealkylation sites (tertiary alicyclic amines) is 1. The molecule has 2 heterocycles. The SMILES string of the molecule is CN1CCC(Cc2cc(Cl)c(Cl)nn2)CC1. The number of piperidine rings is 1. The van der Waals surface area contributed by atoms with Gasteiger partial charge in [-0.3, -0.25) is 0 Å². The molecule has 1 fully saturated rings. The van der Waals surface area contributed by atoms with Crippen molar-refractivity contribution >= 4 is 23.2 Å². The lowest BCUT2D eigenvalue weighted by Gasteiger charge is -2.28. The molecule has 16 heavy (non-hydrogen) atoms. The summed E-state index contributed by atoms with van der Waals surface area (Å²) >= 11 is 11.6. The molecule has 0 aliphatic carbocycles. The molecule has 5 heteroatoms. The first kappa shape index (κ1) is 12.1. The Hall–Kier alpha value is -0.380. The second-order valence-corrected chi connectivity index (χ2v) is 5.19. The molecule has 3 nitrogen and oxygen atoms in total. The van der Waals surface area contributed by atoms with E-state index in [4.69, 9.17) is 23.2 Å². The average molecular weight is 260 g/mol. The Labute approximate surface area is 106 Å². The van der Waals surface area contributed by atoms with E-state index >= 15 is 0 Å². The molecule has 0 bridgehead atoms. The predicted octanol–water partition coefficient (Wildman–Crippen LogP) is 2.67. The molecule has 1 aliphatic rings. The van der Waals surface area contributed by atoms with Crippen molar-refractivity contribution in [1.82, 2.24) is 15.1 Å². The lowest BCUT2D eigenvalue weighted by Crippen LogP contribution is -2.31. The average Bonchev–Trinajstić information content (AvgIpc) is 2.27. The predicted molar refractivity (Wildman–Crippen MR) is 66.0 cm³/mol. The van der Waals surface area contributed by atoms with Crippen LogP contribution >= 0.6 is 23.2 Å². The minimum absolute atomic E-state index is 0.286. The summed E-state index contributed by atoms with van der Waals surface area (Å²) in [5.41, 5.74) is 0.948. The van der Waals surface area contributed by atoms with E-state index in [-0.39, 0.29) is 5.15 Å². The second-order valence-electron chi connectivity index (χ2n) is 4.43. The molecule has 0 saturated carbocycles. The highest BCUT2D eigenvalue weighted by Crippen LogP contribution is 2.23. The maximum Gasteiger partial charge on any atom is 0.170 e. The second kappa shape index (κ2) is 5.30. The molecule has 0 aromatic carbocycles. The topological polar surface area (TPSA) is 29.0 Å². The van der Waals surface area contributed by atoms with Gasteiger partial charge in [-0.2, -0.15) is 5.10 Å². The van der Waals surface area contributed by atoms with Gasteiger partial charge in [0, 0.05) is 0 Å². The van der Waals surface area contributed by atoms with Crippen LogP contribution in [0.1, 0.15) is 18.5 Å². The van der Waals surface area contributed by atoms with E-state index < -0.39 is 0 Å². The summed E-state index contributed by atoms with van der Waals surface area (Å²) in [4.78, 5) is 2.36. The van der Waals surface area contributed by atoms with Crippen LogP contribution in [0.3, 0.4) is 0 Å². The van der Waals surface area contributed by atoms with Crippen LogP contribution < -0.4 is 0 Å². The highest BCUT2D eigenvalue weighted by Gasteiger charge is 2.18. The fourth-order valence-corrected chi connectivity index (χ4v) is 2.31. The summed E-state index contributed by atoms with van der Waals surface area (Å²) in [7, 11) is 2.16. The zero-order valence-electron chi connectivity index (χ0n) is 9.29. The van der Waals surface area contributed by atoms with Crippen LogP contribution in [0.2, 0.25) is 10.2 Å². The van der Waals surface area contributed by atoms with Crippen molar-refractivity contribution < 1.29 is 0 Å². The molecule has 0 spiro atoms. The zero-order chi connectivity index (χ0) is 11.5. The Kier molecular flexibility index (Phi) is 4.00. The molecule has 0 unspecified atom stereocenters. The molecule has 2 rings (SSSR count). The lowest BCUT2D eigenvalue weighted by atomic mass is 9.92. The number of hydrogen-bond donors (Lipinski definition) is 0. The first-order chi connectivity index (χ1) is 7.65. The fraction of sp³-hybridized carbons (Fsp3) is 0.636. The largest absolute Gasteiger partial charge is 0.306 e. The molecule has 0 N–H and O–H groups in total. The first-order valence-corrected chi connectivity index (χ1v) is 6.27. The Morgan fingerprint density at radius 1 is 1.31 bits per heavy atom. The normalized spacial score (nSPS) is 18.9. The van der Waals surface area contributed by atoms with Crippen molar-refractivity contribution in [3.05, 3.63) is 21.9 Å². The Morgan fingerprint density at radius 2 is 2.00 bits per heavy atom. The van der Waals surface area contributed by atoms with Crippen LogP contribution in [-0.4, -0.2) is 35.2 Å². The van der Waals surface area contributed by atoms with Gasteiger partial charge in [0.15, 0.2) is 5.15 Å². The molecule has 0 radical (unpaired) electrons. The minimum atomic E-state index is 0.286. The minimum Gasteiger partial charge on any atom is -0.306 e. The van der Waals surface area contributed by atoms with Gasteiger partial charge >= 0.3 is 0 Å². The molecule has 0 amide bonds. The first-order valence-electron chi connectivity index (χ1n) is 5.51. The van der Waals surface area contributed by atoms with E-state index in [0.717, 1.165) is 12.1 Å². The molecule has 1 saturated heterocycles. The van der Waals surface area contributed by atoms with Gasteiger partial charge in [-0.1, -0.05) is 23.2 Å². The molecule has 1 aromatic heterocycles. The van der Waals surface area contributed by atoms with Crippen LogP contribution in [0.4, 0.5) is 0 Å². The Morgan fingerprint density at radius 3 is 2.62 bits per heavy atom. The van der Waals surface area contributed by atoms with E-state index in [1.807, 2.05) is 6.07 Å². The number of rotatable bonds is 2. The summed E-state index contributed by atoms with van der Waals surface area (Å²) < 4.78 is 0.